The van der Waals surface area contributed by atoms with Crippen molar-refractivity contribution in [2.24, 2.45) is 11.8 Å². The molecule has 5 rings (SSSR count). The molecular weight excluding hydrogens is 574 g/mol. The Bertz CT molecular complexity index is 1200. The van der Waals surface area contributed by atoms with Crippen molar-refractivity contribution in [3.8, 4) is 0 Å². The van der Waals surface area contributed by atoms with Crippen LogP contribution < -0.4 is 10.6 Å². The number of hydrogen-bond donors (Lipinski definition) is 3. The molecule has 3 heterocycles. The van der Waals surface area contributed by atoms with Crippen LogP contribution in [0.4, 0.5) is 11.4 Å². The highest BCUT2D eigenvalue weighted by Crippen LogP contribution is 2.60. The number of aliphatic hydroxyl groups is 1. The van der Waals surface area contributed by atoms with Gasteiger partial charge in [0.25, 0.3) is 0 Å². The molecule has 3 fully saturated rings. The summed E-state index contributed by atoms with van der Waals surface area (Å²) in [4.78, 5) is 42.8. The number of unbranched alkanes of at least 4 members (excludes halogenated alkanes) is 3. The van der Waals surface area contributed by atoms with Gasteiger partial charge in [-0.05, 0) is 43.5 Å². The Morgan fingerprint density at radius 1 is 1.03 bits per heavy atom. The van der Waals surface area contributed by atoms with Gasteiger partial charge in [-0.1, -0.05) is 70.7 Å². The molecule has 3 N–H and O–H groups in total. The Morgan fingerprint density at radius 3 is 2.47 bits per heavy atom. The first-order chi connectivity index (χ1) is 18.4. The molecule has 1 spiro atoms. The Morgan fingerprint density at radius 2 is 1.74 bits per heavy atom. The lowest BCUT2D eigenvalue weighted by atomic mass is 9.70. The van der Waals surface area contributed by atoms with Gasteiger partial charge in [-0.15, -0.1) is 0 Å². The molecular formula is C28H31BrClN3O5. The van der Waals surface area contributed by atoms with E-state index in [0.29, 0.717) is 42.2 Å². The number of likely N-dealkylation sites (tertiary alicyclic amines) is 1. The normalized spacial score (nSPS) is 29.4. The lowest BCUT2D eigenvalue weighted by Crippen LogP contribution is -2.54. The number of aliphatic hydroxyl groups excluding tert-OH is 1. The quantitative estimate of drug-likeness (QED) is 0.278. The molecule has 3 unspecified atom stereocenters. The second-order valence-electron chi connectivity index (χ2n) is 10.2. The number of nitrogens with one attached hydrogen (secondary N) is 2. The zero-order chi connectivity index (χ0) is 26.9. The van der Waals surface area contributed by atoms with Crippen LogP contribution in [0.1, 0.15) is 32.1 Å². The SMILES string of the molecule is O=C(Nc1ccccc1Cl)C1N(CCCCCCO)C(=O)[C@@H]2[C@@H](C(=O)Nc3ccccc3)[C@@H]3OC12CC3Br. The van der Waals surface area contributed by atoms with Crippen LogP contribution in [0.3, 0.4) is 0 Å². The van der Waals surface area contributed by atoms with Crippen LogP contribution in [-0.2, 0) is 19.1 Å². The van der Waals surface area contributed by atoms with Crippen LogP contribution in [0, 0.1) is 11.8 Å². The fraction of sp³-hybridized carbons (Fsp3) is 0.464. The van der Waals surface area contributed by atoms with Crippen molar-refractivity contribution < 1.29 is 24.2 Å². The van der Waals surface area contributed by atoms with Crippen molar-refractivity contribution in [1.29, 1.82) is 0 Å². The topological polar surface area (TPSA) is 108 Å². The molecule has 6 atom stereocenters. The molecule has 2 aromatic carbocycles. The van der Waals surface area contributed by atoms with Crippen molar-refractivity contribution >= 4 is 56.6 Å². The number of ether oxygens (including phenoxy) is 1. The maximum absolute atomic E-state index is 14.0. The molecule has 0 saturated carbocycles. The number of anilines is 2. The van der Waals surface area contributed by atoms with E-state index in [-0.39, 0.29) is 29.2 Å². The number of nitrogens with zero attached hydrogens (tertiary/aromatic N) is 1. The van der Waals surface area contributed by atoms with E-state index in [2.05, 4.69) is 26.6 Å². The highest BCUT2D eigenvalue weighted by atomic mass is 79.9. The summed E-state index contributed by atoms with van der Waals surface area (Å²) in [6.45, 7) is 0.480. The minimum atomic E-state index is -1.13. The molecule has 0 radical (unpaired) electrons. The van der Waals surface area contributed by atoms with Crippen molar-refractivity contribution in [3.05, 3.63) is 59.6 Å². The van der Waals surface area contributed by atoms with Crippen LogP contribution >= 0.6 is 27.5 Å². The Hall–Kier alpha value is -2.46. The number of amides is 3. The maximum atomic E-state index is 14.0. The summed E-state index contributed by atoms with van der Waals surface area (Å²) in [5.41, 5.74) is -0.0410. The van der Waals surface area contributed by atoms with E-state index in [0.717, 1.165) is 12.8 Å². The summed E-state index contributed by atoms with van der Waals surface area (Å²) in [5, 5.41) is 15.3. The summed E-state index contributed by atoms with van der Waals surface area (Å²) >= 11 is 10.0. The van der Waals surface area contributed by atoms with E-state index in [4.69, 9.17) is 21.4 Å². The van der Waals surface area contributed by atoms with Crippen LogP contribution in [-0.4, -0.2) is 63.5 Å². The molecule has 2 bridgehead atoms. The molecule has 8 nitrogen and oxygen atoms in total. The third-order valence-corrected chi connectivity index (χ3v) is 8.99. The number of para-hydroxylation sites is 2. The second kappa shape index (κ2) is 11.3. The van der Waals surface area contributed by atoms with Gasteiger partial charge in [0.15, 0.2) is 0 Å². The van der Waals surface area contributed by atoms with Gasteiger partial charge in [0.1, 0.15) is 11.6 Å². The fourth-order valence-electron chi connectivity index (χ4n) is 6.23. The largest absolute Gasteiger partial charge is 0.396 e. The van der Waals surface area contributed by atoms with Gasteiger partial charge in [-0.25, -0.2) is 0 Å². The van der Waals surface area contributed by atoms with Crippen molar-refractivity contribution in [2.45, 2.75) is 54.7 Å². The molecule has 202 valence electrons. The number of rotatable bonds is 10. The summed E-state index contributed by atoms with van der Waals surface area (Å²) in [7, 11) is 0. The molecule has 3 aliphatic rings. The maximum Gasteiger partial charge on any atom is 0.250 e. The molecule has 0 aliphatic carbocycles. The number of alkyl halides is 1. The highest BCUT2D eigenvalue weighted by Gasteiger charge is 2.76. The number of carbonyl (C=O) groups is 3. The summed E-state index contributed by atoms with van der Waals surface area (Å²) < 4.78 is 6.52. The fourth-order valence-corrected chi connectivity index (χ4v) is 7.35. The predicted octanol–water partition coefficient (Wildman–Crippen LogP) is 4.22. The lowest BCUT2D eigenvalue weighted by Gasteiger charge is -2.34. The van der Waals surface area contributed by atoms with Crippen LogP contribution in [0.5, 0.6) is 0 Å². The summed E-state index contributed by atoms with van der Waals surface area (Å²) in [6, 6.07) is 15.1. The lowest BCUT2D eigenvalue weighted by molar-refractivity contribution is -0.139. The van der Waals surface area contributed by atoms with Crippen LogP contribution in [0.15, 0.2) is 54.6 Å². The smallest absolute Gasteiger partial charge is 0.250 e. The zero-order valence-electron chi connectivity index (χ0n) is 20.8. The van der Waals surface area contributed by atoms with Gasteiger partial charge >= 0.3 is 0 Å². The molecule has 10 heteroatoms. The monoisotopic (exact) mass is 603 g/mol. The van der Waals surface area contributed by atoms with Gasteiger partial charge in [-0.3, -0.25) is 14.4 Å². The van der Waals surface area contributed by atoms with E-state index in [1.165, 1.54) is 0 Å². The molecule has 3 amide bonds. The third-order valence-electron chi connectivity index (χ3n) is 7.82. The first-order valence-corrected chi connectivity index (χ1v) is 14.3. The average molecular weight is 605 g/mol. The summed E-state index contributed by atoms with van der Waals surface area (Å²) in [5.74, 6) is -2.42. The zero-order valence-corrected chi connectivity index (χ0v) is 23.2. The Labute approximate surface area is 235 Å². The van der Waals surface area contributed by atoms with E-state index in [9.17, 15) is 14.4 Å². The molecule has 38 heavy (non-hydrogen) atoms. The number of halogens is 2. The predicted molar refractivity (Wildman–Crippen MR) is 148 cm³/mol. The average Bonchev–Trinajstić information content (AvgIpc) is 3.49. The van der Waals surface area contributed by atoms with Crippen molar-refractivity contribution in [2.75, 3.05) is 23.8 Å². The number of hydrogen-bond acceptors (Lipinski definition) is 5. The minimum Gasteiger partial charge on any atom is -0.396 e. The van der Waals surface area contributed by atoms with E-state index in [1.54, 1.807) is 41.3 Å². The van der Waals surface area contributed by atoms with Crippen LogP contribution in [0.25, 0.3) is 0 Å². The van der Waals surface area contributed by atoms with E-state index >= 15 is 0 Å². The standard InChI is InChI=1S/C28H31BrClN3O5/c29-18-16-28-22(21(23(18)38-28)25(35)31-17-10-4-3-5-11-17)27(37)33(14-8-1-2-9-15-34)24(28)26(36)32-20-13-7-6-12-19(20)30/h3-7,10-13,18,21-24,34H,1-2,8-9,14-16H2,(H,31,35)(H,32,36)/t18?,21-,22+,23-,24?,28?/m1/s1. The van der Waals surface area contributed by atoms with Crippen molar-refractivity contribution in [1.82, 2.24) is 4.90 Å². The first kappa shape index (κ1) is 27.1. The number of carbonyl (C=O) groups excluding carboxylic acids is 3. The minimum absolute atomic E-state index is 0.122. The van der Waals surface area contributed by atoms with Gasteiger partial charge in [0, 0.05) is 23.7 Å². The van der Waals surface area contributed by atoms with E-state index < -0.39 is 29.6 Å². The highest BCUT2D eigenvalue weighted by molar-refractivity contribution is 9.09. The first-order valence-electron chi connectivity index (χ1n) is 13.0. The third kappa shape index (κ3) is 4.85. The molecule has 3 aliphatic heterocycles. The van der Waals surface area contributed by atoms with Gasteiger partial charge in [0.2, 0.25) is 17.7 Å². The Kier molecular flexibility index (Phi) is 8.09. The van der Waals surface area contributed by atoms with Gasteiger partial charge in [-0.2, -0.15) is 0 Å². The van der Waals surface area contributed by atoms with Crippen LogP contribution in [0.2, 0.25) is 5.02 Å². The molecule has 0 aromatic heterocycles. The van der Waals surface area contributed by atoms with Gasteiger partial charge < -0.3 is 25.4 Å². The summed E-state index contributed by atoms with van der Waals surface area (Å²) in [6.07, 6.45) is 2.90. The van der Waals surface area contributed by atoms with E-state index in [1.807, 2.05) is 18.2 Å². The second-order valence-corrected chi connectivity index (χ2v) is 11.7. The number of benzene rings is 2. The Balaban J connectivity index is 1.45. The van der Waals surface area contributed by atoms with Gasteiger partial charge in [0.05, 0.1) is 28.6 Å². The molecule has 3 saturated heterocycles. The molecule has 2 aromatic rings. The van der Waals surface area contributed by atoms with Crippen molar-refractivity contribution in [3.63, 3.8) is 0 Å². The number of fused-ring (bicyclic) bond motifs is 1.